The fraction of sp³-hybridized carbons (Fsp3) is 0.0833. The average Bonchev–Trinajstić information content (AvgIpc) is 3.30. The Morgan fingerprint density at radius 3 is 2.53 bits per heavy atom. The lowest BCUT2D eigenvalue weighted by molar-refractivity contribution is -0.140. The average molecular weight is 463 g/mol. The van der Waals surface area contributed by atoms with Crippen LogP contribution in [0.3, 0.4) is 0 Å². The van der Waals surface area contributed by atoms with Crippen molar-refractivity contribution in [2.75, 3.05) is 0 Å². The third-order valence-electron chi connectivity index (χ3n) is 4.92. The van der Waals surface area contributed by atoms with Gasteiger partial charge in [-0.25, -0.2) is 9.10 Å². The summed E-state index contributed by atoms with van der Waals surface area (Å²) in [6, 6.07) is 22.2. The molecule has 160 valence electrons. The Kier molecular flexibility index (Phi) is 5.95. The van der Waals surface area contributed by atoms with E-state index in [1.807, 2.05) is 54.6 Å². The molecular weight excluding hydrogens is 444 g/mol. The molecule has 0 saturated carbocycles. The third kappa shape index (κ3) is 4.21. The number of sulfonamides is 1. The second-order valence-corrected chi connectivity index (χ2v) is 10.1. The van der Waals surface area contributed by atoms with E-state index in [0.717, 1.165) is 32.7 Å². The fourth-order valence-electron chi connectivity index (χ4n) is 3.36. The van der Waals surface area contributed by atoms with Crippen molar-refractivity contribution in [3.05, 3.63) is 84.6 Å². The van der Waals surface area contributed by atoms with Gasteiger partial charge in [-0.3, -0.25) is 4.98 Å². The van der Waals surface area contributed by atoms with Crippen LogP contribution in [0.2, 0.25) is 0 Å². The standard InChI is InChI=1S/C24H18N2O4S2/c1-2-26(32(29,30)23-13-12-22(31-23)18-8-4-3-5-9-18)21(24(27)28)15-17-14-19-10-6-7-11-20(19)25-16-17/h1,3-14,16,21H,15H2,(H,27,28)/t21-/m0/s1. The van der Waals surface area contributed by atoms with Gasteiger partial charge in [0.1, 0.15) is 4.21 Å². The van der Waals surface area contributed by atoms with Gasteiger partial charge in [0, 0.05) is 28.9 Å². The molecule has 0 radical (unpaired) electrons. The molecule has 0 aliphatic rings. The summed E-state index contributed by atoms with van der Waals surface area (Å²) in [5.41, 5.74) is 2.20. The number of aromatic nitrogens is 1. The van der Waals surface area contributed by atoms with Gasteiger partial charge in [0.25, 0.3) is 10.0 Å². The lowest BCUT2D eigenvalue weighted by atomic mass is 10.1. The number of carboxylic acids is 1. The smallest absolute Gasteiger partial charge is 0.328 e. The summed E-state index contributed by atoms with van der Waals surface area (Å²) < 4.78 is 27.1. The molecule has 2 aromatic carbocycles. The highest BCUT2D eigenvalue weighted by atomic mass is 32.2. The Labute approximate surface area is 189 Å². The summed E-state index contributed by atoms with van der Waals surface area (Å²) in [5, 5.41) is 10.7. The molecule has 0 aliphatic carbocycles. The number of nitrogens with zero attached hydrogens (tertiary/aromatic N) is 2. The van der Waals surface area contributed by atoms with Crippen LogP contribution in [0.4, 0.5) is 0 Å². The first kappa shape index (κ1) is 21.6. The van der Waals surface area contributed by atoms with Crippen molar-refractivity contribution in [3.63, 3.8) is 0 Å². The van der Waals surface area contributed by atoms with Crippen molar-refractivity contribution in [1.82, 2.24) is 9.29 Å². The molecule has 8 heteroatoms. The zero-order chi connectivity index (χ0) is 22.7. The number of fused-ring (bicyclic) bond motifs is 1. The van der Waals surface area contributed by atoms with Gasteiger partial charge in [0.2, 0.25) is 0 Å². The molecule has 0 spiro atoms. The first-order chi connectivity index (χ1) is 15.4. The molecule has 0 unspecified atom stereocenters. The van der Waals surface area contributed by atoms with Gasteiger partial charge in [-0.15, -0.1) is 11.3 Å². The molecular formula is C24H18N2O4S2. The summed E-state index contributed by atoms with van der Waals surface area (Å²) >= 11 is 1.04. The van der Waals surface area contributed by atoms with Crippen LogP contribution < -0.4 is 0 Å². The van der Waals surface area contributed by atoms with Crippen molar-refractivity contribution < 1.29 is 18.3 Å². The lowest BCUT2D eigenvalue weighted by Crippen LogP contribution is -2.43. The van der Waals surface area contributed by atoms with Crippen LogP contribution in [-0.2, 0) is 21.2 Å². The number of hydrogen-bond donors (Lipinski definition) is 1. The van der Waals surface area contributed by atoms with Crippen LogP contribution >= 0.6 is 11.3 Å². The van der Waals surface area contributed by atoms with Crippen LogP contribution in [0.25, 0.3) is 21.3 Å². The maximum atomic E-state index is 13.3. The topological polar surface area (TPSA) is 87.6 Å². The quantitative estimate of drug-likeness (QED) is 0.328. The van der Waals surface area contributed by atoms with Crippen LogP contribution in [0, 0.1) is 12.5 Å². The number of terminal acetylenes is 1. The molecule has 0 amide bonds. The largest absolute Gasteiger partial charge is 0.480 e. The molecule has 6 nitrogen and oxygen atoms in total. The predicted octanol–water partition coefficient (Wildman–Crippen LogP) is 4.24. The Bertz CT molecular complexity index is 1420. The summed E-state index contributed by atoms with van der Waals surface area (Å²) in [4.78, 5) is 17.1. The summed E-state index contributed by atoms with van der Waals surface area (Å²) in [6.45, 7) is 0. The maximum Gasteiger partial charge on any atom is 0.328 e. The summed E-state index contributed by atoms with van der Waals surface area (Å²) in [6.07, 6.45) is 6.94. The molecule has 4 rings (SSSR count). The van der Waals surface area contributed by atoms with Gasteiger partial charge in [0.05, 0.1) is 5.52 Å². The molecule has 4 aromatic rings. The van der Waals surface area contributed by atoms with Gasteiger partial charge >= 0.3 is 5.97 Å². The highest BCUT2D eigenvalue weighted by Crippen LogP contribution is 2.33. The molecule has 1 N–H and O–H groups in total. The molecule has 2 heterocycles. The molecule has 0 saturated heterocycles. The van der Waals surface area contributed by atoms with Gasteiger partial charge in [-0.2, -0.15) is 8.42 Å². The van der Waals surface area contributed by atoms with E-state index in [2.05, 4.69) is 11.0 Å². The van der Waals surface area contributed by atoms with E-state index < -0.39 is 22.0 Å². The summed E-state index contributed by atoms with van der Waals surface area (Å²) in [7, 11) is -4.23. The number of carboxylic acid groups (broad SMARTS) is 1. The van der Waals surface area contributed by atoms with Crippen LogP contribution in [0.5, 0.6) is 0 Å². The Morgan fingerprint density at radius 1 is 1.09 bits per heavy atom. The van der Waals surface area contributed by atoms with Crippen LogP contribution in [0.1, 0.15) is 5.56 Å². The number of pyridine rings is 1. The molecule has 0 aliphatic heterocycles. The van der Waals surface area contributed by atoms with E-state index in [0.29, 0.717) is 9.87 Å². The van der Waals surface area contributed by atoms with Crippen molar-refractivity contribution in [2.45, 2.75) is 16.7 Å². The van der Waals surface area contributed by atoms with Gasteiger partial charge < -0.3 is 5.11 Å². The van der Waals surface area contributed by atoms with E-state index in [1.165, 1.54) is 12.3 Å². The third-order valence-corrected chi connectivity index (χ3v) is 8.26. The van der Waals surface area contributed by atoms with Crippen molar-refractivity contribution in [3.8, 4) is 22.9 Å². The lowest BCUT2D eigenvalue weighted by Gasteiger charge is -2.24. The van der Waals surface area contributed by atoms with E-state index >= 15 is 0 Å². The zero-order valence-electron chi connectivity index (χ0n) is 16.8. The number of aliphatic carboxylic acids is 1. The van der Waals surface area contributed by atoms with Crippen molar-refractivity contribution in [1.29, 1.82) is 0 Å². The van der Waals surface area contributed by atoms with E-state index in [4.69, 9.17) is 6.42 Å². The summed E-state index contributed by atoms with van der Waals surface area (Å²) in [5.74, 6) is -1.33. The van der Waals surface area contributed by atoms with Crippen LogP contribution in [-0.4, -0.2) is 34.8 Å². The highest BCUT2D eigenvalue weighted by Gasteiger charge is 2.35. The Hall–Kier alpha value is -3.67. The van der Waals surface area contributed by atoms with Gasteiger partial charge in [-0.1, -0.05) is 55.0 Å². The van der Waals surface area contributed by atoms with Gasteiger partial charge in [-0.05, 0) is 35.4 Å². The van der Waals surface area contributed by atoms with E-state index in [9.17, 15) is 18.3 Å². The SMILES string of the molecule is C#CN([C@@H](Cc1cnc2ccccc2c1)C(=O)O)S(=O)(=O)c1ccc(-c2ccccc2)s1. The zero-order valence-corrected chi connectivity index (χ0v) is 18.4. The van der Waals surface area contributed by atoms with E-state index in [-0.39, 0.29) is 10.6 Å². The van der Waals surface area contributed by atoms with Crippen molar-refractivity contribution >= 4 is 38.2 Å². The normalized spacial score (nSPS) is 12.2. The molecule has 32 heavy (non-hydrogen) atoms. The molecule has 0 bridgehead atoms. The first-order valence-electron chi connectivity index (χ1n) is 9.62. The minimum atomic E-state index is -4.23. The van der Waals surface area contributed by atoms with Gasteiger partial charge in [0.15, 0.2) is 6.04 Å². The number of carbonyl (C=O) groups is 1. The second kappa shape index (κ2) is 8.83. The number of para-hydroxylation sites is 1. The molecule has 1 atom stereocenters. The Morgan fingerprint density at radius 2 is 1.81 bits per heavy atom. The number of thiophene rings is 1. The predicted molar refractivity (Wildman–Crippen MR) is 124 cm³/mol. The first-order valence-corrected chi connectivity index (χ1v) is 11.9. The number of hydrogen-bond acceptors (Lipinski definition) is 5. The molecule has 2 aromatic heterocycles. The Balaban J connectivity index is 1.66. The van der Waals surface area contributed by atoms with Crippen LogP contribution in [0.15, 0.2) is 83.2 Å². The maximum absolute atomic E-state index is 13.3. The number of benzene rings is 2. The second-order valence-electron chi connectivity index (χ2n) is 7.01. The number of rotatable bonds is 7. The monoisotopic (exact) mass is 462 g/mol. The minimum absolute atomic E-state index is 0.0165. The fourth-order valence-corrected chi connectivity index (χ4v) is 6.11. The highest BCUT2D eigenvalue weighted by molar-refractivity contribution is 7.91. The molecule has 0 fully saturated rings. The van der Waals surface area contributed by atoms with Crippen molar-refractivity contribution in [2.24, 2.45) is 0 Å². The van der Waals surface area contributed by atoms with E-state index in [1.54, 1.807) is 12.1 Å². The minimum Gasteiger partial charge on any atom is -0.480 e.